The summed E-state index contributed by atoms with van der Waals surface area (Å²) in [5.74, 6) is 0.526. The molecule has 1 aromatic heterocycles. The maximum atomic E-state index is 12.1. The van der Waals surface area contributed by atoms with Crippen LogP contribution in [0, 0.1) is 13.8 Å². The van der Waals surface area contributed by atoms with Crippen LogP contribution in [0.2, 0.25) is 0 Å². The van der Waals surface area contributed by atoms with Crippen LogP contribution < -0.4 is 15.8 Å². The van der Waals surface area contributed by atoms with Gasteiger partial charge in [0.2, 0.25) is 0 Å². The van der Waals surface area contributed by atoms with Gasteiger partial charge in [-0.3, -0.25) is 19.3 Å². The molecule has 0 radical (unpaired) electrons. The molecule has 1 aliphatic heterocycles. The summed E-state index contributed by atoms with van der Waals surface area (Å²) in [4.78, 5) is 21.6. The van der Waals surface area contributed by atoms with Gasteiger partial charge in [0, 0.05) is 23.5 Å². The Morgan fingerprint density at radius 1 is 1.30 bits per heavy atom. The molecular formula is C20H27N5O2. The Labute approximate surface area is 160 Å². The number of fused-ring (bicyclic) bond motifs is 1. The van der Waals surface area contributed by atoms with Gasteiger partial charge in [-0.2, -0.15) is 0 Å². The standard InChI is InChI=1S/C20H27N5O2/c1-6-15(4)25-12-21-19(18-14(3)9-10-24(18)25)22-17-11-16(8-7-13(17)2)20(26)23-27-5/h7-11,15H,6,12H2,1-5H3,(H,21,22)(H,23,26)/t15-/m1/s1. The molecule has 1 atom stereocenters. The maximum Gasteiger partial charge on any atom is 0.274 e. The molecule has 0 unspecified atom stereocenters. The van der Waals surface area contributed by atoms with E-state index >= 15 is 0 Å². The molecule has 0 fully saturated rings. The van der Waals surface area contributed by atoms with Gasteiger partial charge in [-0.25, -0.2) is 10.5 Å². The number of carbonyl (C=O) groups is 1. The minimum absolute atomic E-state index is 0.284. The molecule has 7 nitrogen and oxygen atoms in total. The van der Waals surface area contributed by atoms with E-state index in [4.69, 9.17) is 9.83 Å². The molecule has 0 saturated heterocycles. The van der Waals surface area contributed by atoms with Crippen molar-refractivity contribution in [3.05, 3.63) is 52.8 Å². The molecule has 1 amide bonds. The van der Waals surface area contributed by atoms with Crippen molar-refractivity contribution in [2.24, 2.45) is 4.99 Å². The van der Waals surface area contributed by atoms with Crippen LogP contribution in [0.5, 0.6) is 0 Å². The van der Waals surface area contributed by atoms with Crippen LogP contribution in [0.3, 0.4) is 0 Å². The predicted octanol–water partition coefficient (Wildman–Crippen LogP) is 2.96. The fraction of sp³-hybridized carbons (Fsp3) is 0.400. The number of amidine groups is 1. The Bertz CT molecular complexity index is 871. The van der Waals surface area contributed by atoms with E-state index in [0.29, 0.717) is 18.3 Å². The Hall–Kier alpha value is -2.80. The highest BCUT2D eigenvalue weighted by molar-refractivity contribution is 6.09. The molecule has 3 rings (SSSR count). The Morgan fingerprint density at radius 2 is 2.07 bits per heavy atom. The number of nitrogens with one attached hydrogen (secondary N) is 2. The second-order valence-corrected chi connectivity index (χ2v) is 6.83. The molecule has 1 aliphatic rings. The van der Waals surface area contributed by atoms with Crippen molar-refractivity contribution in [1.82, 2.24) is 10.2 Å². The number of hydrogen-bond donors (Lipinski definition) is 2. The zero-order valence-electron chi connectivity index (χ0n) is 16.5. The first-order chi connectivity index (χ1) is 13.0. The van der Waals surface area contributed by atoms with Crippen molar-refractivity contribution in [2.75, 3.05) is 24.1 Å². The molecular weight excluding hydrogens is 342 g/mol. The van der Waals surface area contributed by atoms with Crippen molar-refractivity contribution in [3.8, 4) is 0 Å². The summed E-state index contributed by atoms with van der Waals surface area (Å²) < 4.78 is 2.18. The van der Waals surface area contributed by atoms with Crippen molar-refractivity contribution in [1.29, 1.82) is 0 Å². The first-order valence-electron chi connectivity index (χ1n) is 9.17. The summed E-state index contributed by atoms with van der Waals surface area (Å²) in [5.41, 5.74) is 6.96. The van der Waals surface area contributed by atoms with Crippen LogP contribution in [0.4, 0.5) is 5.69 Å². The van der Waals surface area contributed by atoms with Crippen LogP contribution in [0.1, 0.15) is 47.4 Å². The minimum Gasteiger partial charge on any atom is -0.338 e. The predicted molar refractivity (Wildman–Crippen MR) is 108 cm³/mol. The number of nitrogens with zero attached hydrogens (tertiary/aromatic N) is 3. The van der Waals surface area contributed by atoms with Crippen LogP contribution in [0.15, 0.2) is 35.5 Å². The second-order valence-electron chi connectivity index (χ2n) is 6.83. The van der Waals surface area contributed by atoms with E-state index in [1.165, 1.54) is 7.11 Å². The molecule has 2 N–H and O–H groups in total. The molecule has 1 aromatic carbocycles. The highest BCUT2D eigenvalue weighted by Crippen LogP contribution is 2.23. The number of amides is 1. The smallest absolute Gasteiger partial charge is 0.274 e. The molecule has 7 heteroatoms. The van der Waals surface area contributed by atoms with Gasteiger partial charge in [-0.1, -0.05) is 13.0 Å². The molecule has 27 heavy (non-hydrogen) atoms. The van der Waals surface area contributed by atoms with Gasteiger partial charge >= 0.3 is 0 Å². The third-order valence-electron chi connectivity index (χ3n) is 4.99. The summed E-state index contributed by atoms with van der Waals surface area (Å²) in [5, 5.41) is 5.68. The Balaban J connectivity index is 1.92. The summed E-state index contributed by atoms with van der Waals surface area (Å²) >= 11 is 0. The number of hydrogen-bond acceptors (Lipinski definition) is 5. The first-order valence-corrected chi connectivity index (χ1v) is 9.17. The molecule has 0 bridgehead atoms. The molecule has 2 heterocycles. The summed E-state index contributed by atoms with van der Waals surface area (Å²) in [6.45, 7) is 9.05. The third kappa shape index (κ3) is 3.68. The van der Waals surface area contributed by atoms with Gasteiger partial charge in [-0.15, -0.1) is 0 Å². The number of aromatic nitrogens is 1. The molecule has 0 spiro atoms. The number of rotatable bonds is 5. The number of aryl methyl sites for hydroxylation is 2. The molecule has 0 saturated carbocycles. The Morgan fingerprint density at radius 3 is 2.78 bits per heavy atom. The van der Waals surface area contributed by atoms with E-state index in [9.17, 15) is 4.79 Å². The maximum absolute atomic E-state index is 12.1. The quantitative estimate of drug-likeness (QED) is 0.795. The largest absolute Gasteiger partial charge is 0.338 e. The topological polar surface area (TPSA) is 70.9 Å². The van der Waals surface area contributed by atoms with Gasteiger partial charge < -0.3 is 5.32 Å². The second kappa shape index (κ2) is 7.84. The van der Waals surface area contributed by atoms with E-state index < -0.39 is 0 Å². The number of aliphatic imine (C=N–C) groups is 1. The van der Waals surface area contributed by atoms with Crippen molar-refractivity contribution < 1.29 is 9.63 Å². The van der Waals surface area contributed by atoms with Gasteiger partial charge in [-0.05, 0) is 56.5 Å². The fourth-order valence-corrected chi connectivity index (χ4v) is 3.15. The van der Waals surface area contributed by atoms with Gasteiger partial charge in [0.25, 0.3) is 5.91 Å². The lowest BCUT2D eigenvalue weighted by Gasteiger charge is -2.35. The molecule has 0 aliphatic carbocycles. The van der Waals surface area contributed by atoms with Crippen LogP contribution in [-0.2, 0) is 4.84 Å². The average Bonchev–Trinajstić information content (AvgIpc) is 3.05. The van der Waals surface area contributed by atoms with E-state index in [0.717, 1.165) is 34.8 Å². The first kappa shape index (κ1) is 19.0. The summed E-state index contributed by atoms with van der Waals surface area (Å²) in [7, 11) is 1.42. The van der Waals surface area contributed by atoms with Crippen LogP contribution in [0.25, 0.3) is 0 Å². The van der Waals surface area contributed by atoms with Crippen LogP contribution in [-0.4, -0.2) is 36.2 Å². The lowest BCUT2D eigenvalue weighted by molar-refractivity contribution is 0.0537. The lowest BCUT2D eigenvalue weighted by atomic mass is 10.1. The zero-order valence-corrected chi connectivity index (χ0v) is 16.5. The minimum atomic E-state index is -0.284. The van der Waals surface area contributed by atoms with Crippen molar-refractivity contribution >= 4 is 17.4 Å². The van der Waals surface area contributed by atoms with E-state index in [2.05, 4.69) is 53.5 Å². The van der Waals surface area contributed by atoms with Crippen molar-refractivity contribution in [2.45, 2.75) is 40.2 Å². The van der Waals surface area contributed by atoms with Gasteiger partial charge in [0.1, 0.15) is 12.4 Å². The van der Waals surface area contributed by atoms with E-state index in [-0.39, 0.29) is 5.91 Å². The Kier molecular flexibility index (Phi) is 5.51. The molecule has 2 aromatic rings. The number of hydroxylamine groups is 1. The van der Waals surface area contributed by atoms with Crippen LogP contribution >= 0.6 is 0 Å². The molecule has 144 valence electrons. The van der Waals surface area contributed by atoms with E-state index in [1.807, 2.05) is 19.1 Å². The zero-order chi connectivity index (χ0) is 19.6. The van der Waals surface area contributed by atoms with Gasteiger partial charge in [0.05, 0.1) is 7.11 Å². The lowest BCUT2D eigenvalue weighted by Crippen LogP contribution is -2.47. The van der Waals surface area contributed by atoms with Gasteiger partial charge in [0.15, 0.2) is 5.84 Å². The third-order valence-corrected chi connectivity index (χ3v) is 4.99. The highest BCUT2D eigenvalue weighted by Gasteiger charge is 2.24. The average molecular weight is 369 g/mol. The monoisotopic (exact) mass is 369 g/mol. The number of anilines is 1. The van der Waals surface area contributed by atoms with Crippen molar-refractivity contribution in [3.63, 3.8) is 0 Å². The normalized spacial score (nSPS) is 14.4. The SMILES string of the molecule is CC[C@@H](C)N1CN=C(Nc2cc(C(=O)NOC)ccc2C)c2c(C)ccn21. The summed E-state index contributed by atoms with van der Waals surface area (Å²) in [6.07, 6.45) is 3.13. The van der Waals surface area contributed by atoms with E-state index in [1.54, 1.807) is 6.07 Å². The highest BCUT2D eigenvalue weighted by atomic mass is 16.6. The number of benzene rings is 1. The fourth-order valence-electron chi connectivity index (χ4n) is 3.15. The number of carbonyl (C=O) groups excluding carboxylic acids is 1. The summed E-state index contributed by atoms with van der Waals surface area (Å²) in [6, 6.07) is 7.99.